The number of carbonyl (C=O) groups is 1. The number of amides is 1. The molecule has 5 heteroatoms. The molecule has 0 bridgehead atoms. The summed E-state index contributed by atoms with van der Waals surface area (Å²) in [6, 6.07) is 4.18. The van der Waals surface area contributed by atoms with E-state index in [1.165, 1.54) is 23.1 Å². The second-order valence-corrected chi connectivity index (χ2v) is 4.39. The Morgan fingerprint density at radius 2 is 2.37 bits per heavy atom. The highest BCUT2D eigenvalue weighted by Crippen LogP contribution is 2.16. The van der Waals surface area contributed by atoms with Crippen LogP contribution in [0.25, 0.3) is 0 Å². The van der Waals surface area contributed by atoms with Gasteiger partial charge in [-0.1, -0.05) is 11.8 Å². The summed E-state index contributed by atoms with van der Waals surface area (Å²) in [5, 5.41) is 9.39. The van der Waals surface area contributed by atoms with E-state index in [4.69, 9.17) is 5.73 Å². The zero-order valence-electron chi connectivity index (χ0n) is 10.4. The van der Waals surface area contributed by atoms with Crippen molar-refractivity contribution >= 4 is 5.91 Å². The molecule has 0 radical (unpaired) electrons. The van der Waals surface area contributed by atoms with E-state index < -0.39 is 11.9 Å². The second kappa shape index (κ2) is 5.83. The van der Waals surface area contributed by atoms with Crippen LogP contribution in [-0.2, 0) is 0 Å². The molecule has 3 N–H and O–H groups in total. The number of hydrogen-bond donors (Lipinski definition) is 2. The summed E-state index contributed by atoms with van der Waals surface area (Å²) in [6.45, 7) is 0.956. The van der Waals surface area contributed by atoms with Crippen molar-refractivity contribution in [1.82, 2.24) is 4.90 Å². The third-order valence-corrected chi connectivity index (χ3v) is 2.99. The Morgan fingerprint density at radius 1 is 1.58 bits per heavy atom. The Morgan fingerprint density at radius 3 is 2.95 bits per heavy atom. The first-order valence-corrected chi connectivity index (χ1v) is 6.07. The summed E-state index contributed by atoms with van der Waals surface area (Å²) in [6.07, 6.45) is 0.0809. The molecule has 19 heavy (non-hydrogen) atoms. The molecule has 1 unspecified atom stereocenters. The van der Waals surface area contributed by atoms with Crippen molar-refractivity contribution in [2.24, 2.45) is 5.73 Å². The highest BCUT2D eigenvalue weighted by Gasteiger charge is 2.25. The minimum Gasteiger partial charge on any atom is -0.391 e. The molecule has 1 fully saturated rings. The number of nitrogens with zero attached hydrogens (tertiary/aromatic N) is 1. The molecule has 1 aliphatic heterocycles. The van der Waals surface area contributed by atoms with Gasteiger partial charge in [-0.15, -0.1) is 0 Å². The lowest BCUT2D eigenvalue weighted by atomic mass is 10.1. The zero-order valence-corrected chi connectivity index (χ0v) is 10.4. The Hall–Kier alpha value is -1.90. The molecular weight excluding hydrogens is 247 g/mol. The van der Waals surface area contributed by atoms with E-state index in [2.05, 4.69) is 11.8 Å². The number of likely N-dealkylation sites (tertiary alicyclic amines) is 1. The third-order valence-electron chi connectivity index (χ3n) is 2.99. The van der Waals surface area contributed by atoms with Gasteiger partial charge in [0.05, 0.1) is 18.2 Å². The van der Waals surface area contributed by atoms with Crippen molar-refractivity contribution < 1.29 is 14.3 Å². The van der Waals surface area contributed by atoms with E-state index in [0.29, 0.717) is 19.5 Å². The van der Waals surface area contributed by atoms with E-state index >= 15 is 0 Å². The van der Waals surface area contributed by atoms with Crippen LogP contribution in [0.15, 0.2) is 18.2 Å². The molecule has 1 aromatic rings. The molecule has 1 aromatic carbocycles. The van der Waals surface area contributed by atoms with Gasteiger partial charge in [0.25, 0.3) is 5.91 Å². The van der Waals surface area contributed by atoms with E-state index in [1.807, 2.05) is 0 Å². The molecule has 1 heterocycles. The molecule has 1 amide bonds. The minimum absolute atomic E-state index is 0.159. The lowest BCUT2D eigenvalue weighted by Gasteiger charge is -2.15. The fourth-order valence-electron chi connectivity index (χ4n) is 2.00. The van der Waals surface area contributed by atoms with Crippen molar-refractivity contribution in [3.63, 3.8) is 0 Å². The van der Waals surface area contributed by atoms with Crippen LogP contribution in [-0.4, -0.2) is 41.7 Å². The van der Waals surface area contributed by atoms with Gasteiger partial charge < -0.3 is 15.7 Å². The lowest BCUT2D eigenvalue weighted by molar-refractivity contribution is 0.0764. The Bertz CT molecular complexity index is 548. The van der Waals surface area contributed by atoms with Crippen molar-refractivity contribution in [3.05, 3.63) is 35.1 Å². The van der Waals surface area contributed by atoms with Gasteiger partial charge in [-0.25, -0.2) is 4.39 Å². The number of hydrogen-bond acceptors (Lipinski definition) is 3. The number of aliphatic hydroxyl groups is 1. The maximum absolute atomic E-state index is 13.7. The van der Waals surface area contributed by atoms with Crippen LogP contribution in [0, 0.1) is 17.7 Å². The van der Waals surface area contributed by atoms with Crippen molar-refractivity contribution in [1.29, 1.82) is 0 Å². The molecule has 1 aliphatic rings. The quantitative estimate of drug-likeness (QED) is 0.717. The van der Waals surface area contributed by atoms with Crippen LogP contribution in [0.3, 0.4) is 0 Å². The van der Waals surface area contributed by atoms with Crippen molar-refractivity contribution in [2.45, 2.75) is 12.5 Å². The number of β-amino-alcohol motifs (C(OH)–C–C–N with tert-alkyl or cyclic N) is 1. The van der Waals surface area contributed by atoms with E-state index in [-0.39, 0.29) is 23.6 Å². The van der Waals surface area contributed by atoms with Gasteiger partial charge in [0.2, 0.25) is 0 Å². The first kappa shape index (κ1) is 13.5. The average molecular weight is 262 g/mol. The average Bonchev–Trinajstić information content (AvgIpc) is 2.83. The van der Waals surface area contributed by atoms with Crippen LogP contribution in [0.2, 0.25) is 0 Å². The summed E-state index contributed by atoms with van der Waals surface area (Å²) in [5.41, 5.74) is 5.71. The Labute approximate surface area is 111 Å². The lowest BCUT2D eigenvalue weighted by Crippen LogP contribution is -2.29. The van der Waals surface area contributed by atoms with Crippen LogP contribution < -0.4 is 5.73 Å². The monoisotopic (exact) mass is 262 g/mol. The van der Waals surface area contributed by atoms with Gasteiger partial charge in [-0.05, 0) is 24.6 Å². The fourth-order valence-corrected chi connectivity index (χ4v) is 2.00. The summed E-state index contributed by atoms with van der Waals surface area (Å²) in [5.74, 6) is 4.36. The highest BCUT2D eigenvalue weighted by molar-refractivity contribution is 5.94. The highest BCUT2D eigenvalue weighted by atomic mass is 19.1. The molecule has 0 saturated carbocycles. The van der Waals surface area contributed by atoms with Gasteiger partial charge in [0.15, 0.2) is 0 Å². The number of carbonyl (C=O) groups excluding carboxylic acids is 1. The minimum atomic E-state index is -0.536. The third kappa shape index (κ3) is 3.11. The van der Waals surface area contributed by atoms with Gasteiger partial charge in [-0.3, -0.25) is 4.79 Å². The number of aliphatic hydroxyl groups excluding tert-OH is 1. The molecule has 0 aliphatic carbocycles. The maximum atomic E-state index is 13.7. The molecule has 2 rings (SSSR count). The SMILES string of the molecule is NCC#Cc1ccc(C(=O)N2CCC(O)C2)cc1F. The predicted molar refractivity (Wildman–Crippen MR) is 68.9 cm³/mol. The summed E-state index contributed by atoms with van der Waals surface area (Å²) in [7, 11) is 0. The van der Waals surface area contributed by atoms with E-state index in [0.717, 1.165) is 0 Å². The fraction of sp³-hybridized carbons (Fsp3) is 0.357. The van der Waals surface area contributed by atoms with Crippen LogP contribution >= 0.6 is 0 Å². The molecule has 4 nitrogen and oxygen atoms in total. The largest absolute Gasteiger partial charge is 0.391 e. The molecule has 1 atom stereocenters. The van der Waals surface area contributed by atoms with E-state index in [1.54, 1.807) is 0 Å². The topological polar surface area (TPSA) is 66.6 Å². The van der Waals surface area contributed by atoms with Gasteiger partial charge in [0.1, 0.15) is 5.82 Å². The predicted octanol–water partition coefficient (Wildman–Crippen LogP) is 0.343. The van der Waals surface area contributed by atoms with Crippen LogP contribution in [0.5, 0.6) is 0 Å². The summed E-state index contributed by atoms with van der Waals surface area (Å²) >= 11 is 0. The van der Waals surface area contributed by atoms with Gasteiger partial charge in [-0.2, -0.15) is 0 Å². The van der Waals surface area contributed by atoms with Gasteiger partial charge >= 0.3 is 0 Å². The van der Waals surface area contributed by atoms with Gasteiger partial charge in [0, 0.05) is 18.7 Å². The van der Waals surface area contributed by atoms with Crippen molar-refractivity contribution in [2.75, 3.05) is 19.6 Å². The number of halogens is 1. The molecular formula is C14H15FN2O2. The number of benzene rings is 1. The summed E-state index contributed by atoms with van der Waals surface area (Å²) < 4.78 is 13.7. The molecule has 0 spiro atoms. The Kier molecular flexibility index (Phi) is 4.15. The Balaban J connectivity index is 2.17. The van der Waals surface area contributed by atoms with Crippen LogP contribution in [0.1, 0.15) is 22.3 Å². The number of nitrogens with two attached hydrogens (primary N) is 1. The molecule has 0 aromatic heterocycles. The summed E-state index contributed by atoms with van der Waals surface area (Å²) in [4.78, 5) is 13.6. The normalized spacial score (nSPS) is 18.1. The first-order chi connectivity index (χ1) is 9.11. The van der Waals surface area contributed by atoms with Crippen LogP contribution in [0.4, 0.5) is 4.39 Å². The zero-order chi connectivity index (χ0) is 13.8. The van der Waals surface area contributed by atoms with Crippen molar-refractivity contribution in [3.8, 4) is 11.8 Å². The first-order valence-electron chi connectivity index (χ1n) is 6.07. The standard InChI is InChI=1S/C14H15FN2O2/c15-13-8-11(4-3-10(13)2-1-6-16)14(19)17-7-5-12(18)9-17/h3-4,8,12,18H,5-7,9,16H2. The molecule has 1 saturated heterocycles. The molecule has 100 valence electrons. The smallest absolute Gasteiger partial charge is 0.254 e. The number of rotatable bonds is 1. The maximum Gasteiger partial charge on any atom is 0.254 e. The van der Waals surface area contributed by atoms with E-state index in [9.17, 15) is 14.3 Å². The second-order valence-electron chi connectivity index (χ2n) is 4.39.